The molecule has 3 atom stereocenters. The van der Waals surface area contributed by atoms with E-state index in [2.05, 4.69) is 42.1 Å². The van der Waals surface area contributed by atoms with E-state index in [0.29, 0.717) is 11.6 Å². The smallest absolute Gasteiger partial charge is 0.257 e. The first-order valence-electron chi connectivity index (χ1n) is 12.7. The Morgan fingerprint density at radius 2 is 1.84 bits per heavy atom. The van der Waals surface area contributed by atoms with E-state index in [1.807, 2.05) is 24.3 Å². The molecule has 12 heteroatoms. The Morgan fingerprint density at radius 3 is 2.61 bits per heavy atom. The molecule has 0 unspecified atom stereocenters. The maximum Gasteiger partial charge on any atom is 0.257 e. The van der Waals surface area contributed by atoms with Crippen LogP contribution in [0.1, 0.15) is 36.0 Å². The first-order valence-corrected chi connectivity index (χ1v) is 12.7. The van der Waals surface area contributed by atoms with Crippen molar-refractivity contribution in [2.75, 3.05) is 41.7 Å². The molecule has 4 aromatic rings. The van der Waals surface area contributed by atoms with E-state index in [1.165, 1.54) is 25.7 Å². The van der Waals surface area contributed by atoms with Crippen molar-refractivity contribution in [3.05, 3.63) is 42.1 Å². The number of anilines is 3. The van der Waals surface area contributed by atoms with Crippen LogP contribution < -0.4 is 20.9 Å². The van der Waals surface area contributed by atoms with E-state index in [9.17, 15) is 4.79 Å². The molecular weight excluding hydrogens is 547 g/mol. The highest BCUT2D eigenvalue weighted by Crippen LogP contribution is 2.45. The van der Waals surface area contributed by atoms with Gasteiger partial charge in [0.2, 0.25) is 5.95 Å². The highest BCUT2D eigenvalue weighted by molar-refractivity contribution is 6.11. The zero-order valence-electron chi connectivity index (χ0n) is 20.8. The number of nitrogens with one attached hydrogen (secondary N) is 5. The van der Waals surface area contributed by atoms with Crippen molar-refractivity contribution in [3.63, 3.8) is 0 Å². The zero-order chi connectivity index (χ0) is 23.4. The molecule has 9 nitrogen and oxygen atoms in total. The molecule has 7 rings (SSSR count). The maximum absolute atomic E-state index is 13.5. The summed E-state index contributed by atoms with van der Waals surface area (Å²) in [5.74, 6) is 2.32. The Labute approximate surface area is 239 Å². The summed E-state index contributed by atoms with van der Waals surface area (Å²) in [5, 5.41) is 18.2. The van der Waals surface area contributed by atoms with Crippen LogP contribution in [0.3, 0.4) is 0 Å². The van der Waals surface area contributed by atoms with Crippen LogP contribution in [0.5, 0.6) is 0 Å². The van der Waals surface area contributed by atoms with Crippen LogP contribution in [0.4, 0.5) is 17.3 Å². The van der Waals surface area contributed by atoms with Gasteiger partial charge in [-0.25, -0.2) is 4.98 Å². The number of aromatic amines is 2. The lowest BCUT2D eigenvalue weighted by Gasteiger charge is -2.30. The number of nitrogens with zero attached hydrogens (tertiary/aromatic N) is 3. The van der Waals surface area contributed by atoms with Crippen molar-refractivity contribution >= 4 is 82.4 Å². The van der Waals surface area contributed by atoms with E-state index in [1.54, 1.807) is 6.20 Å². The molecule has 204 valence electrons. The molecule has 3 fully saturated rings. The topological polar surface area (TPSA) is 114 Å². The van der Waals surface area contributed by atoms with Crippen molar-refractivity contribution in [3.8, 4) is 0 Å². The standard InChI is InChI=1S/C26H30N8O.3ClH/c35-25(29-18-4-3-17-14-28-33-21(17)11-18)19-12-22-23(13-24(19)34-7-5-27-6-8-34)32-26(31-22)30-20-10-15-1-2-16(20)9-15;;;/h3-4,11-16,20,27H,1-2,5-10H2,(H,28,33)(H,29,35)(H2,30,31,32);3*1H/t15-,16+,20+;;;/m1.../s1. The lowest BCUT2D eigenvalue weighted by atomic mass is 9.95. The summed E-state index contributed by atoms with van der Waals surface area (Å²) >= 11 is 0. The van der Waals surface area contributed by atoms with Crippen LogP contribution in [0.2, 0.25) is 0 Å². The molecule has 1 aliphatic heterocycles. The van der Waals surface area contributed by atoms with Crippen molar-refractivity contribution in [2.24, 2.45) is 11.8 Å². The summed E-state index contributed by atoms with van der Waals surface area (Å²) in [6, 6.07) is 10.3. The van der Waals surface area contributed by atoms with Gasteiger partial charge in [-0.3, -0.25) is 9.89 Å². The molecule has 0 radical (unpaired) electrons. The Balaban J connectivity index is 0.00000112. The van der Waals surface area contributed by atoms with Crippen molar-refractivity contribution in [1.29, 1.82) is 0 Å². The minimum absolute atomic E-state index is 0. The summed E-state index contributed by atoms with van der Waals surface area (Å²) in [6.07, 6.45) is 7.06. The molecule has 2 aromatic heterocycles. The SMILES string of the molecule is Cl.Cl.Cl.O=C(Nc1ccc2cn[nH]c2c1)c1cc2[nH]c(N[C@H]3C[C@@H]4CC[C@H]3C4)nc2cc1N1CCNCC1. The summed E-state index contributed by atoms with van der Waals surface area (Å²) in [7, 11) is 0. The van der Waals surface area contributed by atoms with Crippen molar-refractivity contribution in [2.45, 2.75) is 31.7 Å². The van der Waals surface area contributed by atoms with E-state index < -0.39 is 0 Å². The molecule has 38 heavy (non-hydrogen) atoms. The summed E-state index contributed by atoms with van der Waals surface area (Å²) in [5.41, 5.74) is 4.98. The predicted molar refractivity (Wildman–Crippen MR) is 160 cm³/mol. The number of H-pyrrole nitrogens is 2. The number of piperazine rings is 1. The molecule has 1 saturated heterocycles. The number of carbonyl (C=O) groups is 1. The van der Waals surface area contributed by atoms with Crippen LogP contribution >= 0.6 is 37.2 Å². The second-order valence-electron chi connectivity index (χ2n) is 10.3. The van der Waals surface area contributed by atoms with Gasteiger partial charge in [-0.15, -0.1) is 37.2 Å². The van der Waals surface area contributed by atoms with Crippen LogP contribution in [-0.2, 0) is 0 Å². The lowest BCUT2D eigenvalue weighted by Crippen LogP contribution is -2.44. The van der Waals surface area contributed by atoms with E-state index in [-0.39, 0.29) is 43.1 Å². The number of benzene rings is 2. The predicted octanol–water partition coefficient (Wildman–Crippen LogP) is 4.97. The molecule has 2 saturated carbocycles. The monoisotopic (exact) mass is 578 g/mol. The average Bonchev–Trinajstić information content (AvgIpc) is 3.67. The first kappa shape index (κ1) is 28.3. The van der Waals surface area contributed by atoms with E-state index >= 15 is 0 Å². The Morgan fingerprint density at radius 1 is 1.00 bits per heavy atom. The normalized spacial score (nSPS) is 22.0. The zero-order valence-corrected chi connectivity index (χ0v) is 23.3. The maximum atomic E-state index is 13.5. The Hall–Kier alpha value is -2.72. The first-order chi connectivity index (χ1) is 17.2. The van der Waals surface area contributed by atoms with Gasteiger partial charge >= 0.3 is 0 Å². The molecule has 3 heterocycles. The molecule has 3 aliphatic rings. The van der Waals surface area contributed by atoms with Gasteiger partial charge in [-0.05, 0) is 61.4 Å². The van der Waals surface area contributed by atoms with Crippen LogP contribution in [-0.4, -0.2) is 58.3 Å². The molecular formula is C26H33Cl3N8O. The number of hydrogen-bond acceptors (Lipinski definition) is 6. The molecule has 0 spiro atoms. The second-order valence-corrected chi connectivity index (χ2v) is 10.3. The van der Waals surface area contributed by atoms with Gasteiger partial charge in [0.25, 0.3) is 5.91 Å². The van der Waals surface area contributed by atoms with Crippen molar-refractivity contribution < 1.29 is 4.79 Å². The van der Waals surface area contributed by atoms with Gasteiger partial charge in [0.05, 0.1) is 34.0 Å². The number of imidazole rings is 1. The van der Waals surface area contributed by atoms with Crippen LogP contribution in [0, 0.1) is 11.8 Å². The largest absolute Gasteiger partial charge is 0.368 e. The molecule has 1 amide bonds. The molecule has 5 N–H and O–H groups in total. The molecule has 2 bridgehead atoms. The summed E-state index contributed by atoms with van der Waals surface area (Å²) in [6.45, 7) is 3.50. The Kier molecular flexibility index (Phi) is 8.62. The highest BCUT2D eigenvalue weighted by Gasteiger charge is 2.39. The van der Waals surface area contributed by atoms with Gasteiger partial charge < -0.3 is 25.8 Å². The van der Waals surface area contributed by atoms with Crippen LogP contribution in [0.25, 0.3) is 21.9 Å². The summed E-state index contributed by atoms with van der Waals surface area (Å²) < 4.78 is 0. The number of aromatic nitrogens is 4. The minimum atomic E-state index is -0.128. The quantitative estimate of drug-likeness (QED) is 0.228. The van der Waals surface area contributed by atoms with Crippen LogP contribution in [0.15, 0.2) is 36.5 Å². The van der Waals surface area contributed by atoms with Gasteiger partial charge in [0.1, 0.15) is 0 Å². The summed E-state index contributed by atoms with van der Waals surface area (Å²) in [4.78, 5) is 24.1. The van der Waals surface area contributed by atoms with Gasteiger partial charge in [-0.1, -0.05) is 6.42 Å². The van der Waals surface area contributed by atoms with E-state index in [0.717, 1.165) is 77.3 Å². The third-order valence-electron chi connectivity index (χ3n) is 8.06. The fourth-order valence-electron chi connectivity index (χ4n) is 6.27. The third kappa shape index (κ3) is 5.25. The third-order valence-corrected chi connectivity index (χ3v) is 8.06. The lowest BCUT2D eigenvalue weighted by molar-refractivity contribution is 0.102. The highest BCUT2D eigenvalue weighted by atomic mass is 35.5. The number of amides is 1. The number of fused-ring (bicyclic) bond motifs is 4. The molecule has 2 aromatic carbocycles. The Bertz CT molecular complexity index is 1420. The second kappa shape index (κ2) is 11.6. The fourth-order valence-corrected chi connectivity index (χ4v) is 6.27. The number of carbonyl (C=O) groups excluding carboxylic acids is 1. The molecule has 2 aliphatic carbocycles. The van der Waals surface area contributed by atoms with Gasteiger partial charge in [0.15, 0.2) is 0 Å². The minimum Gasteiger partial charge on any atom is -0.368 e. The number of rotatable bonds is 5. The fraction of sp³-hybridized carbons (Fsp3) is 0.423. The van der Waals surface area contributed by atoms with Gasteiger partial charge in [-0.2, -0.15) is 5.10 Å². The van der Waals surface area contributed by atoms with E-state index in [4.69, 9.17) is 4.98 Å². The van der Waals surface area contributed by atoms with Gasteiger partial charge in [0, 0.05) is 43.3 Å². The number of halogens is 3. The van der Waals surface area contributed by atoms with Crippen molar-refractivity contribution in [1.82, 2.24) is 25.5 Å². The number of hydrogen-bond donors (Lipinski definition) is 5. The average molecular weight is 580 g/mol.